The Morgan fingerprint density at radius 2 is 0.625 bits per heavy atom. The predicted octanol–water partition coefficient (Wildman–Crippen LogP) is 7.55. The van der Waals surface area contributed by atoms with Crippen molar-refractivity contribution in [1.29, 1.82) is 0 Å². The first-order chi connectivity index (χ1) is 23.0. The van der Waals surface area contributed by atoms with E-state index in [1.807, 2.05) is 0 Å². The number of ether oxygens (including phenoxy) is 4. The number of unbranched alkanes of at least 4 members (excludes halogenated alkanes) is 6. The summed E-state index contributed by atoms with van der Waals surface area (Å²) in [5, 5.41) is 16.9. The minimum absolute atomic E-state index is 0.0833. The molecule has 48 heavy (non-hydrogen) atoms. The first-order valence-electron chi connectivity index (χ1n) is 17.2. The van der Waals surface area contributed by atoms with Crippen LogP contribution in [0.5, 0.6) is 0 Å². The molecule has 12 heteroatoms. The quantitative estimate of drug-likeness (QED) is 0.0622. The molecule has 0 bridgehead atoms. The molecule has 0 heterocycles. The van der Waals surface area contributed by atoms with Gasteiger partial charge in [-0.1, -0.05) is 53.4 Å². The maximum atomic E-state index is 11.2. The molecule has 0 fully saturated rings. The van der Waals surface area contributed by atoms with Crippen LogP contribution in [0.2, 0.25) is 0 Å². The third-order valence-corrected chi connectivity index (χ3v) is 6.45. The van der Waals surface area contributed by atoms with Crippen molar-refractivity contribution in [3.63, 3.8) is 0 Å². The number of carbonyl (C=O) groups is 6. The fraction of sp³-hybridized carbons (Fsp3) is 0.667. The van der Waals surface area contributed by atoms with E-state index in [1.165, 1.54) is 24.3 Å². The molecule has 0 aliphatic carbocycles. The molecule has 1 aromatic carbocycles. The van der Waals surface area contributed by atoms with E-state index in [0.29, 0.717) is 77.8 Å². The summed E-state index contributed by atoms with van der Waals surface area (Å²) in [6, 6.07) is 5.02. The number of carboxylic acid groups (broad SMARTS) is 2. The second-order valence-electron chi connectivity index (χ2n) is 10.9. The van der Waals surface area contributed by atoms with Gasteiger partial charge < -0.3 is 29.2 Å². The third kappa shape index (κ3) is 30.7. The smallest absolute Gasteiger partial charge is 0.335 e. The summed E-state index contributed by atoms with van der Waals surface area (Å²) in [7, 11) is 0. The number of esters is 4. The highest BCUT2D eigenvalue weighted by Gasteiger charge is 2.07. The van der Waals surface area contributed by atoms with Gasteiger partial charge in [0.15, 0.2) is 0 Å². The van der Waals surface area contributed by atoms with E-state index in [0.717, 1.165) is 51.4 Å². The lowest BCUT2D eigenvalue weighted by Crippen LogP contribution is -2.07. The highest BCUT2D eigenvalue weighted by molar-refractivity contribution is 5.91. The summed E-state index contributed by atoms with van der Waals surface area (Å²) >= 11 is 0. The van der Waals surface area contributed by atoms with E-state index in [-0.39, 0.29) is 35.0 Å². The molecule has 0 saturated carbocycles. The lowest BCUT2D eigenvalue weighted by Gasteiger charge is -2.04. The Labute approximate surface area is 285 Å². The zero-order valence-electron chi connectivity index (χ0n) is 29.4. The monoisotopic (exact) mass is 682 g/mol. The van der Waals surface area contributed by atoms with Crippen LogP contribution >= 0.6 is 0 Å². The minimum atomic E-state index is -1.06. The van der Waals surface area contributed by atoms with Gasteiger partial charge in [0, 0.05) is 25.7 Å². The topological polar surface area (TPSA) is 180 Å². The summed E-state index contributed by atoms with van der Waals surface area (Å²) in [4.78, 5) is 65.6. The Morgan fingerprint density at radius 3 is 0.792 bits per heavy atom. The van der Waals surface area contributed by atoms with E-state index >= 15 is 0 Å². The van der Waals surface area contributed by atoms with Gasteiger partial charge in [-0.05, 0) is 75.6 Å². The Balaban J connectivity index is 0. The van der Waals surface area contributed by atoms with Crippen molar-refractivity contribution < 1.29 is 57.9 Å². The molecule has 0 radical (unpaired) electrons. The Kier molecular flexibility index (Phi) is 31.7. The van der Waals surface area contributed by atoms with Crippen LogP contribution in [-0.2, 0) is 38.1 Å². The second-order valence-corrected chi connectivity index (χ2v) is 10.9. The molecule has 0 saturated heterocycles. The summed E-state index contributed by atoms with van der Waals surface area (Å²) in [6.07, 6.45) is 12.1. The summed E-state index contributed by atoms with van der Waals surface area (Å²) in [5.41, 5.74) is 0.167. The van der Waals surface area contributed by atoms with Gasteiger partial charge in [-0.2, -0.15) is 0 Å². The summed E-state index contributed by atoms with van der Waals surface area (Å²) < 4.78 is 20.1. The van der Waals surface area contributed by atoms with Crippen LogP contribution in [0.4, 0.5) is 0 Å². The molecule has 1 aromatic rings. The van der Waals surface area contributed by atoms with Gasteiger partial charge in [-0.15, -0.1) is 0 Å². The van der Waals surface area contributed by atoms with Crippen molar-refractivity contribution in [3.05, 3.63) is 35.4 Å². The average molecular weight is 683 g/mol. The van der Waals surface area contributed by atoms with Gasteiger partial charge >= 0.3 is 35.8 Å². The maximum Gasteiger partial charge on any atom is 0.335 e. The van der Waals surface area contributed by atoms with Gasteiger partial charge in [-0.25, -0.2) is 9.59 Å². The van der Waals surface area contributed by atoms with Crippen LogP contribution in [0, 0.1) is 0 Å². The van der Waals surface area contributed by atoms with Crippen LogP contribution in [-0.4, -0.2) is 72.5 Å². The van der Waals surface area contributed by atoms with E-state index in [9.17, 15) is 28.8 Å². The van der Waals surface area contributed by atoms with Crippen molar-refractivity contribution in [3.8, 4) is 0 Å². The van der Waals surface area contributed by atoms with Crippen LogP contribution in [0.15, 0.2) is 24.3 Å². The molecule has 274 valence electrons. The average Bonchev–Trinajstić information content (AvgIpc) is 3.06. The Hall–Kier alpha value is -3.96. The third-order valence-electron chi connectivity index (χ3n) is 6.45. The van der Waals surface area contributed by atoms with Crippen LogP contribution in [0.3, 0.4) is 0 Å². The van der Waals surface area contributed by atoms with Gasteiger partial charge in [0.05, 0.1) is 37.6 Å². The number of carboxylic acids is 2. The molecule has 2 N–H and O–H groups in total. The number of rotatable bonds is 24. The fourth-order valence-corrected chi connectivity index (χ4v) is 3.44. The number of aromatic carboxylic acids is 2. The summed E-state index contributed by atoms with van der Waals surface area (Å²) in [5.74, 6) is -2.78. The lowest BCUT2D eigenvalue weighted by molar-refractivity contribution is -0.146. The molecule has 1 rings (SSSR count). The molecule has 0 aromatic heterocycles. The molecular weight excluding hydrogens is 624 g/mol. The van der Waals surface area contributed by atoms with E-state index in [2.05, 4.69) is 27.7 Å². The van der Waals surface area contributed by atoms with Crippen molar-refractivity contribution in [2.45, 2.75) is 130 Å². The molecule has 0 amide bonds. The largest absolute Gasteiger partial charge is 0.478 e. The van der Waals surface area contributed by atoms with E-state index in [4.69, 9.17) is 29.2 Å². The van der Waals surface area contributed by atoms with Crippen LogP contribution in [0.1, 0.15) is 151 Å². The molecule has 0 aliphatic heterocycles. The second kappa shape index (κ2) is 33.0. The zero-order valence-corrected chi connectivity index (χ0v) is 29.4. The fourth-order valence-electron chi connectivity index (χ4n) is 3.44. The first-order valence-corrected chi connectivity index (χ1v) is 17.2. The Morgan fingerprint density at radius 1 is 0.417 bits per heavy atom. The number of carbonyl (C=O) groups excluding carboxylic acids is 4. The molecule has 0 spiro atoms. The molecule has 0 aliphatic rings. The van der Waals surface area contributed by atoms with Gasteiger partial charge in [0.25, 0.3) is 0 Å². The standard InChI is InChI=1S/2C14H26O4.C8H6O4/c2*1-3-5-11-17-13(15)9-7-8-10-14(16)18-12-6-4-2;9-7(10)5-1-2-6(4-3-5)8(11)12/h2*3-12H2,1-2H3;1-4H,(H,9,10)(H,11,12). The van der Waals surface area contributed by atoms with Crippen molar-refractivity contribution in [2.75, 3.05) is 26.4 Å². The highest BCUT2D eigenvalue weighted by atomic mass is 16.5. The number of benzene rings is 1. The van der Waals surface area contributed by atoms with E-state index < -0.39 is 11.9 Å². The lowest BCUT2D eigenvalue weighted by atomic mass is 10.1. The maximum absolute atomic E-state index is 11.2. The minimum Gasteiger partial charge on any atom is -0.478 e. The highest BCUT2D eigenvalue weighted by Crippen LogP contribution is 2.06. The van der Waals surface area contributed by atoms with Crippen LogP contribution < -0.4 is 0 Å². The van der Waals surface area contributed by atoms with Crippen LogP contribution in [0.25, 0.3) is 0 Å². The summed E-state index contributed by atoms with van der Waals surface area (Å²) in [6.45, 7) is 10.2. The molecule has 0 atom stereocenters. The van der Waals surface area contributed by atoms with Crippen molar-refractivity contribution in [1.82, 2.24) is 0 Å². The van der Waals surface area contributed by atoms with Crippen molar-refractivity contribution >= 4 is 35.8 Å². The van der Waals surface area contributed by atoms with Gasteiger partial charge in [0.2, 0.25) is 0 Å². The molecule has 0 unspecified atom stereocenters. The SMILES string of the molecule is CCCCOC(=O)CCCCC(=O)OCCCC.CCCCOC(=O)CCCCC(=O)OCCCC.O=C(O)c1ccc(C(=O)O)cc1. The van der Waals surface area contributed by atoms with Gasteiger partial charge in [0.1, 0.15) is 0 Å². The normalized spacial score (nSPS) is 9.92. The molecular formula is C36H58O12. The zero-order chi connectivity index (χ0) is 36.4. The number of hydrogen-bond acceptors (Lipinski definition) is 10. The first kappa shape index (κ1) is 46.2. The predicted molar refractivity (Wildman–Crippen MR) is 181 cm³/mol. The van der Waals surface area contributed by atoms with E-state index in [1.54, 1.807) is 0 Å². The number of hydrogen-bond donors (Lipinski definition) is 2. The van der Waals surface area contributed by atoms with Gasteiger partial charge in [-0.3, -0.25) is 19.2 Å². The Bertz CT molecular complexity index is 891. The van der Waals surface area contributed by atoms with Crippen molar-refractivity contribution in [2.24, 2.45) is 0 Å². The molecule has 12 nitrogen and oxygen atoms in total.